The van der Waals surface area contributed by atoms with Crippen LogP contribution in [0.25, 0.3) is 0 Å². The van der Waals surface area contributed by atoms with Crippen LogP contribution in [0.15, 0.2) is 17.8 Å². The molecular formula is C10H13ClN2O2. The number of hydrogen-bond acceptors (Lipinski definition) is 3. The average molecular weight is 229 g/mol. The Kier molecular flexibility index (Phi) is 3.91. The molecule has 0 aliphatic rings. The molecule has 82 valence electrons. The molecule has 0 bridgehead atoms. The lowest BCUT2D eigenvalue weighted by atomic mass is 10.3. The van der Waals surface area contributed by atoms with Crippen LogP contribution in [-0.4, -0.2) is 22.9 Å². The molecule has 1 aromatic rings. The van der Waals surface area contributed by atoms with E-state index in [1.165, 1.54) is 7.11 Å². The summed E-state index contributed by atoms with van der Waals surface area (Å²) in [5.41, 5.74) is 1.34. The molecule has 0 radical (unpaired) electrons. The highest BCUT2D eigenvalue weighted by molar-refractivity contribution is 6.31. The normalized spacial score (nSPS) is 11.6. The van der Waals surface area contributed by atoms with E-state index < -0.39 is 0 Å². The van der Waals surface area contributed by atoms with Gasteiger partial charge in [0.1, 0.15) is 0 Å². The van der Waals surface area contributed by atoms with Gasteiger partial charge < -0.3 is 4.74 Å². The lowest BCUT2D eigenvalue weighted by Crippen LogP contribution is -2.04. The van der Waals surface area contributed by atoms with E-state index in [0.717, 1.165) is 5.69 Å². The van der Waals surface area contributed by atoms with E-state index in [-0.39, 0.29) is 5.97 Å². The van der Waals surface area contributed by atoms with E-state index in [4.69, 9.17) is 11.6 Å². The van der Waals surface area contributed by atoms with Gasteiger partial charge in [-0.15, -0.1) is 0 Å². The lowest BCUT2D eigenvalue weighted by Gasteiger charge is -1.99. The minimum atomic E-state index is -0.329. The van der Waals surface area contributed by atoms with Gasteiger partial charge in [-0.25, -0.2) is 4.79 Å². The van der Waals surface area contributed by atoms with Gasteiger partial charge in [-0.2, -0.15) is 5.10 Å². The molecule has 15 heavy (non-hydrogen) atoms. The van der Waals surface area contributed by atoms with Gasteiger partial charge in [-0.1, -0.05) is 17.7 Å². The molecule has 4 nitrogen and oxygen atoms in total. The molecule has 0 spiro atoms. The van der Waals surface area contributed by atoms with Crippen molar-refractivity contribution in [1.29, 1.82) is 0 Å². The summed E-state index contributed by atoms with van der Waals surface area (Å²) in [6, 6.07) is 0. The van der Waals surface area contributed by atoms with E-state index in [1.807, 2.05) is 6.92 Å². The summed E-state index contributed by atoms with van der Waals surface area (Å²) in [6.45, 7) is 4.04. The van der Waals surface area contributed by atoms with Crippen LogP contribution in [0.5, 0.6) is 0 Å². The first-order valence-corrected chi connectivity index (χ1v) is 4.87. The van der Waals surface area contributed by atoms with Crippen LogP contribution in [0.2, 0.25) is 5.02 Å². The number of hydrogen-bond donors (Lipinski definition) is 0. The molecule has 0 amide bonds. The molecule has 0 aromatic carbocycles. The maximum Gasteiger partial charge on any atom is 0.333 e. The molecule has 0 aliphatic heterocycles. The third-order valence-corrected chi connectivity index (χ3v) is 2.35. The van der Waals surface area contributed by atoms with Crippen LogP contribution in [-0.2, 0) is 16.1 Å². The zero-order chi connectivity index (χ0) is 11.4. The van der Waals surface area contributed by atoms with Crippen LogP contribution in [0.1, 0.15) is 12.6 Å². The quantitative estimate of drug-likeness (QED) is 0.587. The third-order valence-electron chi connectivity index (χ3n) is 1.98. The maximum absolute atomic E-state index is 11.1. The first-order valence-electron chi connectivity index (χ1n) is 4.49. The summed E-state index contributed by atoms with van der Waals surface area (Å²) in [6.07, 6.45) is 3.46. The van der Waals surface area contributed by atoms with Gasteiger partial charge in [0.25, 0.3) is 0 Å². The zero-order valence-corrected chi connectivity index (χ0v) is 9.71. The van der Waals surface area contributed by atoms with Crippen LogP contribution in [0.3, 0.4) is 0 Å². The summed E-state index contributed by atoms with van der Waals surface area (Å²) < 4.78 is 6.24. The van der Waals surface area contributed by atoms with E-state index in [9.17, 15) is 4.79 Å². The van der Waals surface area contributed by atoms with Crippen LogP contribution >= 0.6 is 11.6 Å². The predicted molar refractivity (Wildman–Crippen MR) is 57.7 cm³/mol. The number of allylic oxidation sites excluding steroid dienone is 1. The van der Waals surface area contributed by atoms with Gasteiger partial charge in [-0.3, -0.25) is 4.68 Å². The second kappa shape index (κ2) is 4.98. The molecule has 0 saturated heterocycles. The number of carbonyl (C=O) groups excluding carboxylic acids is 1. The smallest absolute Gasteiger partial charge is 0.333 e. The fourth-order valence-corrected chi connectivity index (χ4v) is 1.21. The number of aromatic nitrogens is 2. The van der Waals surface area contributed by atoms with Crippen LogP contribution in [0, 0.1) is 6.92 Å². The Morgan fingerprint density at radius 2 is 2.40 bits per heavy atom. The zero-order valence-electron chi connectivity index (χ0n) is 8.95. The maximum atomic E-state index is 11.1. The van der Waals surface area contributed by atoms with E-state index >= 15 is 0 Å². The number of ether oxygens (including phenoxy) is 1. The van der Waals surface area contributed by atoms with Gasteiger partial charge in [0, 0.05) is 11.8 Å². The number of rotatable bonds is 3. The van der Waals surface area contributed by atoms with Gasteiger partial charge in [0.15, 0.2) is 0 Å². The van der Waals surface area contributed by atoms with Gasteiger partial charge in [-0.05, 0) is 13.8 Å². The SMILES string of the molecule is COC(=O)C(C)=CCn1cc(Cl)c(C)n1. The molecule has 0 saturated carbocycles. The van der Waals surface area contributed by atoms with Crippen molar-refractivity contribution in [3.8, 4) is 0 Å². The number of carbonyl (C=O) groups is 1. The number of nitrogens with zero attached hydrogens (tertiary/aromatic N) is 2. The minimum absolute atomic E-state index is 0.329. The molecule has 0 N–H and O–H groups in total. The lowest BCUT2D eigenvalue weighted by molar-refractivity contribution is -0.136. The van der Waals surface area contributed by atoms with Crippen molar-refractivity contribution in [3.05, 3.63) is 28.6 Å². The largest absolute Gasteiger partial charge is 0.466 e. The highest BCUT2D eigenvalue weighted by Gasteiger charge is 2.03. The summed E-state index contributed by atoms with van der Waals surface area (Å²) in [5, 5.41) is 4.78. The van der Waals surface area contributed by atoms with Gasteiger partial charge in [0.05, 0.1) is 24.4 Å². The highest BCUT2D eigenvalue weighted by atomic mass is 35.5. The molecule has 1 rings (SSSR count). The Morgan fingerprint density at radius 1 is 1.73 bits per heavy atom. The van der Waals surface area contributed by atoms with Crippen molar-refractivity contribution in [3.63, 3.8) is 0 Å². The molecule has 1 heterocycles. The number of halogens is 1. The predicted octanol–water partition coefficient (Wildman–Crippen LogP) is 1.96. The molecule has 0 atom stereocenters. The molecule has 5 heteroatoms. The standard InChI is InChI=1S/C10H13ClN2O2/c1-7(10(14)15-3)4-5-13-6-9(11)8(2)12-13/h4,6H,5H2,1-3H3. The van der Waals surface area contributed by atoms with Crippen molar-refractivity contribution < 1.29 is 9.53 Å². The first-order chi connectivity index (χ1) is 7.04. The van der Waals surface area contributed by atoms with Crippen molar-refractivity contribution in [2.75, 3.05) is 7.11 Å². The Bertz CT molecular complexity index is 377. The van der Waals surface area contributed by atoms with Crippen molar-refractivity contribution in [2.45, 2.75) is 20.4 Å². The van der Waals surface area contributed by atoms with Crippen molar-refractivity contribution in [1.82, 2.24) is 9.78 Å². The van der Waals surface area contributed by atoms with Crippen LogP contribution in [0.4, 0.5) is 0 Å². The Hall–Kier alpha value is -1.29. The summed E-state index contributed by atoms with van der Waals surface area (Å²) in [5.74, 6) is -0.329. The molecule has 0 aliphatic carbocycles. The molecule has 0 fully saturated rings. The Labute approximate surface area is 93.5 Å². The van der Waals surface area contributed by atoms with E-state index in [1.54, 1.807) is 23.9 Å². The second-order valence-electron chi connectivity index (χ2n) is 3.16. The molecular weight excluding hydrogens is 216 g/mol. The second-order valence-corrected chi connectivity index (χ2v) is 3.57. The highest BCUT2D eigenvalue weighted by Crippen LogP contribution is 2.12. The Morgan fingerprint density at radius 3 is 2.87 bits per heavy atom. The Balaban J connectivity index is 2.67. The van der Waals surface area contributed by atoms with E-state index in [0.29, 0.717) is 17.1 Å². The van der Waals surface area contributed by atoms with Crippen molar-refractivity contribution >= 4 is 17.6 Å². The number of esters is 1. The number of methoxy groups -OCH3 is 1. The average Bonchev–Trinajstić information content (AvgIpc) is 2.54. The van der Waals surface area contributed by atoms with Crippen molar-refractivity contribution in [2.24, 2.45) is 0 Å². The van der Waals surface area contributed by atoms with E-state index in [2.05, 4.69) is 9.84 Å². The number of aryl methyl sites for hydroxylation is 1. The summed E-state index contributed by atoms with van der Waals surface area (Å²) in [7, 11) is 1.36. The fraction of sp³-hybridized carbons (Fsp3) is 0.400. The monoisotopic (exact) mass is 228 g/mol. The van der Waals surface area contributed by atoms with Gasteiger partial charge >= 0.3 is 5.97 Å². The first kappa shape index (κ1) is 11.8. The third kappa shape index (κ3) is 3.09. The minimum Gasteiger partial charge on any atom is -0.466 e. The molecule has 0 unspecified atom stereocenters. The topological polar surface area (TPSA) is 44.1 Å². The molecule has 1 aromatic heterocycles. The van der Waals surface area contributed by atoms with Gasteiger partial charge in [0.2, 0.25) is 0 Å². The fourth-order valence-electron chi connectivity index (χ4n) is 1.06. The summed E-state index contributed by atoms with van der Waals surface area (Å²) >= 11 is 5.84. The van der Waals surface area contributed by atoms with Crippen LogP contribution < -0.4 is 0 Å². The summed E-state index contributed by atoms with van der Waals surface area (Å²) in [4.78, 5) is 11.1.